The Morgan fingerprint density at radius 1 is 0.542 bits per heavy atom. The minimum atomic E-state index is -5.64. The van der Waals surface area contributed by atoms with Crippen molar-refractivity contribution in [3.05, 3.63) is 0 Å². The number of alkyl halides is 13. The predicted octanol–water partition coefficient (Wildman–Crippen LogP) is 3.73. The van der Waals surface area contributed by atoms with E-state index in [2.05, 4.69) is 0 Å². The zero-order chi connectivity index (χ0) is 19.5. The van der Waals surface area contributed by atoms with Gasteiger partial charge >= 0.3 is 51.4 Å². The predicted molar refractivity (Wildman–Crippen MR) is 102 cm³/mol. The fraction of sp³-hybridized carbons (Fsp3) is 1.00. The number of rotatable bonds is 5. The molecule has 0 aliphatic carbocycles. The second kappa shape index (κ2) is 9.44. The third-order valence-corrected chi connectivity index (χ3v) is 12.6. The zero-order valence-corrected chi connectivity index (χ0v) is 24.3. The molecule has 0 spiro atoms. The van der Waals surface area contributed by atoms with E-state index >= 15 is 0 Å². The van der Waals surface area contributed by atoms with Crippen molar-refractivity contribution in [2.75, 3.05) is 0 Å². The van der Waals surface area contributed by atoms with Gasteiger partial charge in [-0.15, -0.1) is 0 Å². The fourth-order valence-corrected chi connectivity index (χ4v) is 5.34. The third-order valence-electron chi connectivity index (χ3n) is 2.22. The summed E-state index contributed by atoms with van der Waals surface area (Å²) in [7, 11) is -5.64. The van der Waals surface area contributed by atoms with Gasteiger partial charge in [-0.1, -0.05) is 151 Å². The van der Waals surface area contributed by atoms with Gasteiger partial charge in [-0.2, -0.15) is 0 Å². The van der Waals surface area contributed by atoms with Crippen molar-refractivity contribution < 1.29 is 64.4 Å². The Kier molecular flexibility index (Phi) is 12.4. The molecule has 24 heavy (non-hydrogen) atoms. The van der Waals surface area contributed by atoms with Gasteiger partial charge < -0.3 is 4.55 Å². The summed E-state index contributed by atoms with van der Waals surface area (Å²) >= 11 is 73.6. The van der Waals surface area contributed by atoms with Crippen LogP contribution >= 0.6 is 151 Å². The van der Waals surface area contributed by atoms with Crippen LogP contribution in [-0.4, -0.2) is 37.8 Å². The number of halogens is 13. The molecule has 0 saturated heterocycles. The molecule has 0 amide bonds. The Morgan fingerprint density at radius 3 is 1.00 bits per heavy atom. The number of hydrogen-bond donors (Lipinski definition) is 0. The molecule has 3 nitrogen and oxygen atoms in total. The molecular weight excluding hydrogens is 652 g/mol. The van der Waals surface area contributed by atoms with Gasteiger partial charge in [-0.3, -0.25) is 0 Å². The molecule has 140 valence electrons. The molecule has 0 unspecified atom stereocenters. The van der Waals surface area contributed by atoms with Gasteiger partial charge in [0.15, 0.2) is 13.0 Å². The molecule has 0 N–H and O–H groups in total. The van der Waals surface area contributed by atoms with Crippen LogP contribution in [0.2, 0.25) is 0 Å². The summed E-state index contributed by atoms with van der Waals surface area (Å²) in [5.41, 5.74) is 0. The molecule has 0 heterocycles. The summed E-state index contributed by atoms with van der Waals surface area (Å²) in [5, 5.41) is 0. The molecule has 0 aliphatic rings. The maximum absolute atomic E-state index is 11.2. The molecule has 0 aromatic heterocycles. The van der Waals surface area contributed by atoms with E-state index in [9.17, 15) is 13.0 Å². The normalized spacial score (nSPS) is 15.9. The standard InChI is InChI=1S/C6HCl13O3S.K/c7-1(8,3(11,12)5(15,16)17)2(9,10)4(13,14)6(18,19)23(20,21)22;/h(H,20,21,22);/q;+1/p-1. The van der Waals surface area contributed by atoms with E-state index in [-0.39, 0.29) is 51.4 Å². The van der Waals surface area contributed by atoms with E-state index in [0.29, 0.717) is 0 Å². The third kappa shape index (κ3) is 5.38. The van der Waals surface area contributed by atoms with Crippen LogP contribution in [-0.2, 0) is 10.1 Å². The van der Waals surface area contributed by atoms with Gasteiger partial charge in [0.2, 0.25) is 11.8 Å². The van der Waals surface area contributed by atoms with Crippen LogP contribution in [0.25, 0.3) is 0 Å². The van der Waals surface area contributed by atoms with E-state index in [1.807, 2.05) is 0 Å². The summed E-state index contributed by atoms with van der Waals surface area (Å²) in [6.45, 7) is 0. The van der Waals surface area contributed by atoms with E-state index in [1.165, 1.54) is 0 Å². The molecule has 0 aromatic carbocycles. The van der Waals surface area contributed by atoms with Crippen molar-refractivity contribution in [2.45, 2.75) is 24.8 Å². The van der Waals surface area contributed by atoms with Gasteiger partial charge in [0.1, 0.15) is 10.1 Å². The van der Waals surface area contributed by atoms with Gasteiger partial charge in [0, 0.05) is 0 Å². The zero-order valence-electron chi connectivity index (χ0n) is 10.5. The Bertz CT molecular complexity index is 565. The average molecular weight is 652 g/mol. The van der Waals surface area contributed by atoms with Crippen LogP contribution in [0.4, 0.5) is 0 Å². The maximum Gasteiger partial charge on any atom is 1.00 e. The van der Waals surface area contributed by atoms with Crippen molar-refractivity contribution in [3.8, 4) is 0 Å². The first-order valence-corrected chi connectivity index (χ1v) is 10.7. The Morgan fingerprint density at radius 2 is 0.792 bits per heavy atom. The summed E-state index contributed by atoms with van der Waals surface area (Å²) in [4.78, 5) is 0. The Hall–Kier alpha value is 5.32. The van der Waals surface area contributed by atoms with E-state index < -0.39 is 34.9 Å². The first-order valence-electron chi connectivity index (χ1n) is 4.41. The van der Waals surface area contributed by atoms with Crippen molar-refractivity contribution >= 4 is 161 Å². The first kappa shape index (κ1) is 31.5. The fourth-order valence-electron chi connectivity index (χ4n) is 0.912. The van der Waals surface area contributed by atoms with Crippen LogP contribution in [0.15, 0.2) is 0 Å². The first-order chi connectivity index (χ1) is 9.50. The smallest absolute Gasteiger partial charge is 0.746 e. The molecule has 0 atom stereocenters. The van der Waals surface area contributed by atoms with Crippen molar-refractivity contribution in [1.82, 2.24) is 0 Å². The van der Waals surface area contributed by atoms with Gasteiger partial charge in [-0.25, -0.2) is 8.42 Å². The van der Waals surface area contributed by atoms with E-state index in [1.54, 1.807) is 0 Å². The van der Waals surface area contributed by atoms with Crippen molar-refractivity contribution in [1.29, 1.82) is 0 Å². The molecule has 0 bridgehead atoms. The van der Waals surface area contributed by atoms with Crippen LogP contribution in [0.1, 0.15) is 0 Å². The minimum Gasteiger partial charge on any atom is -0.746 e. The van der Waals surface area contributed by atoms with E-state index in [0.717, 1.165) is 0 Å². The van der Waals surface area contributed by atoms with Crippen LogP contribution in [0, 0.1) is 0 Å². The molecule has 0 aliphatic heterocycles. The summed E-state index contributed by atoms with van der Waals surface area (Å²) in [6.07, 6.45) is 0. The van der Waals surface area contributed by atoms with Gasteiger partial charge in [0.05, 0.1) is 0 Å². The average Bonchev–Trinajstić information content (AvgIpc) is 2.24. The quantitative estimate of drug-likeness (QED) is 0.259. The molecule has 0 fully saturated rings. The molecule has 0 rings (SSSR count). The molecule has 0 aromatic rings. The molecule has 18 heteroatoms. The van der Waals surface area contributed by atoms with Crippen LogP contribution < -0.4 is 51.4 Å². The van der Waals surface area contributed by atoms with Crippen LogP contribution in [0.3, 0.4) is 0 Å². The van der Waals surface area contributed by atoms with Crippen molar-refractivity contribution in [2.24, 2.45) is 0 Å². The van der Waals surface area contributed by atoms with Gasteiger partial charge in [-0.05, 0) is 0 Å². The van der Waals surface area contributed by atoms with E-state index in [4.69, 9.17) is 151 Å². The van der Waals surface area contributed by atoms with Gasteiger partial charge in [0.25, 0.3) is 0 Å². The summed E-state index contributed by atoms with van der Waals surface area (Å²) < 4.78 is 14.9. The Balaban J connectivity index is 0. The SMILES string of the molecule is O=S(=O)([O-])C(Cl)(Cl)C(Cl)(Cl)C(Cl)(Cl)C(Cl)(Cl)C(Cl)(Cl)C(Cl)(Cl)Cl.[K+]. The number of hydrogen-bond acceptors (Lipinski definition) is 3. The van der Waals surface area contributed by atoms with Crippen molar-refractivity contribution in [3.63, 3.8) is 0 Å². The molecular formula is C6Cl13KO3S. The van der Waals surface area contributed by atoms with Crippen LogP contribution in [0.5, 0.6) is 0 Å². The molecule has 0 saturated carbocycles. The molecule has 0 radical (unpaired) electrons. The summed E-state index contributed by atoms with van der Waals surface area (Å²) in [5.74, 6) is 0. The topological polar surface area (TPSA) is 57.2 Å². The second-order valence-corrected chi connectivity index (χ2v) is 14.7. The second-order valence-electron chi connectivity index (χ2n) is 3.77. The largest absolute Gasteiger partial charge is 1.00 e. The summed E-state index contributed by atoms with van der Waals surface area (Å²) in [6, 6.07) is 0. The minimum absolute atomic E-state index is 0. The Labute approximate surface area is 245 Å². The monoisotopic (exact) mass is 646 g/mol. The maximum atomic E-state index is 11.2.